The van der Waals surface area contributed by atoms with Gasteiger partial charge in [0.05, 0.1) is 12.0 Å². The molecule has 0 radical (unpaired) electrons. The van der Waals surface area contributed by atoms with Crippen molar-refractivity contribution in [1.29, 1.82) is 0 Å². The number of likely N-dealkylation sites (tertiary alicyclic amines) is 1. The third kappa shape index (κ3) is 4.85. The van der Waals surface area contributed by atoms with E-state index >= 15 is 0 Å². The maximum Gasteiger partial charge on any atom is 0.409 e. The van der Waals surface area contributed by atoms with Gasteiger partial charge in [-0.3, -0.25) is 9.69 Å². The van der Waals surface area contributed by atoms with E-state index in [-0.39, 0.29) is 24.0 Å². The van der Waals surface area contributed by atoms with Gasteiger partial charge in [-0.25, -0.2) is 9.18 Å². The Hall–Kier alpha value is -2.35. The fraction of sp³-hybridized carbons (Fsp3) is 0.667. The van der Waals surface area contributed by atoms with Crippen LogP contribution in [-0.2, 0) is 14.3 Å². The standard InChI is InChI=1S/C24H34FN3O4/c1-3-31-23(30)27-12-9-24(10-13-27)16-21(32-22(24)29)8-11-26-14-15-28(18(2)17-26)20-6-4-19(25)5-7-20/h4-7,18,21H,3,8-17H2,1-2H3/t18-,21-/m0/s1. The van der Waals surface area contributed by atoms with Crippen LogP contribution in [0.5, 0.6) is 0 Å². The van der Waals surface area contributed by atoms with Crippen LogP contribution in [-0.4, -0.2) is 79.9 Å². The van der Waals surface area contributed by atoms with Crippen molar-refractivity contribution in [3.05, 3.63) is 30.1 Å². The molecule has 3 heterocycles. The molecular formula is C24H34FN3O4. The summed E-state index contributed by atoms with van der Waals surface area (Å²) in [5.41, 5.74) is 0.613. The number of amides is 1. The van der Waals surface area contributed by atoms with Crippen LogP contribution in [0.2, 0.25) is 0 Å². The Balaban J connectivity index is 1.24. The van der Waals surface area contributed by atoms with E-state index in [1.807, 2.05) is 12.1 Å². The van der Waals surface area contributed by atoms with Crippen LogP contribution >= 0.6 is 0 Å². The number of hydrogen-bond acceptors (Lipinski definition) is 6. The van der Waals surface area contributed by atoms with Crippen LogP contribution in [0.1, 0.15) is 39.5 Å². The first-order chi connectivity index (χ1) is 15.4. The van der Waals surface area contributed by atoms with Gasteiger partial charge < -0.3 is 19.3 Å². The minimum Gasteiger partial charge on any atom is -0.462 e. The predicted octanol–water partition coefficient (Wildman–Crippen LogP) is 3.28. The van der Waals surface area contributed by atoms with Crippen molar-refractivity contribution in [2.24, 2.45) is 5.41 Å². The molecule has 0 unspecified atom stereocenters. The van der Waals surface area contributed by atoms with E-state index in [1.165, 1.54) is 12.1 Å². The Labute approximate surface area is 189 Å². The minimum absolute atomic E-state index is 0.0536. The lowest BCUT2D eigenvalue weighted by Gasteiger charge is -2.41. The van der Waals surface area contributed by atoms with Crippen molar-refractivity contribution in [3.8, 4) is 0 Å². The van der Waals surface area contributed by atoms with E-state index in [2.05, 4.69) is 16.7 Å². The molecule has 3 aliphatic heterocycles. The summed E-state index contributed by atoms with van der Waals surface area (Å²) in [6.45, 7) is 9.09. The molecule has 0 bridgehead atoms. The Morgan fingerprint density at radius 1 is 1.19 bits per heavy atom. The number of anilines is 1. The van der Waals surface area contributed by atoms with Gasteiger partial charge in [0, 0.05) is 57.4 Å². The highest BCUT2D eigenvalue weighted by Gasteiger charge is 2.50. The van der Waals surface area contributed by atoms with E-state index in [1.54, 1.807) is 11.8 Å². The Kier molecular flexibility index (Phi) is 6.88. The largest absolute Gasteiger partial charge is 0.462 e. The Morgan fingerprint density at radius 3 is 2.56 bits per heavy atom. The van der Waals surface area contributed by atoms with Crippen molar-refractivity contribution in [3.63, 3.8) is 0 Å². The van der Waals surface area contributed by atoms with E-state index in [0.717, 1.165) is 44.7 Å². The highest BCUT2D eigenvalue weighted by molar-refractivity contribution is 5.79. The summed E-state index contributed by atoms with van der Waals surface area (Å²) in [5, 5.41) is 0. The highest BCUT2D eigenvalue weighted by atomic mass is 19.1. The quantitative estimate of drug-likeness (QED) is 0.646. The maximum absolute atomic E-state index is 13.2. The van der Waals surface area contributed by atoms with Gasteiger partial charge in [0.1, 0.15) is 11.9 Å². The van der Waals surface area contributed by atoms with Gasteiger partial charge in [-0.15, -0.1) is 0 Å². The first-order valence-corrected chi connectivity index (χ1v) is 11.8. The lowest BCUT2D eigenvalue weighted by Crippen LogP contribution is -2.52. The number of benzene rings is 1. The molecule has 176 valence electrons. The number of halogens is 1. The van der Waals surface area contributed by atoms with Crippen molar-refractivity contribution >= 4 is 17.7 Å². The highest BCUT2D eigenvalue weighted by Crippen LogP contribution is 2.44. The van der Waals surface area contributed by atoms with Gasteiger partial charge in [-0.2, -0.15) is 0 Å². The fourth-order valence-electron chi connectivity index (χ4n) is 5.32. The molecule has 8 heteroatoms. The second-order valence-corrected chi connectivity index (χ2v) is 9.31. The smallest absolute Gasteiger partial charge is 0.409 e. The number of nitrogens with zero attached hydrogens (tertiary/aromatic N) is 3. The summed E-state index contributed by atoms with van der Waals surface area (Å²) >= 11 is 0. The van der Waals surface area contributed by atoms with Crippen molar-refractivity contribution in [2.75, 3.05) is 50.8 Å². The molecule has 3 aliphatic rings. The zero-order chi connectivity index (χ0) is 22.7. The van der Waals surface area contributed by atoms with Crippen LogP contribution in [0.25, 0.3) is 0 Å². The second-order valence-electron chi connectivity index (χ2n) is 9.31. The fourth-order valence-corrected chi connectivity index (χ4v) is 5.32. The molecule has 4 rings (SSSR count). The number of esters is 1. The molecule has 3 fully saturated rings. The molecule has 0 N–H and O–H groups in total. The number of cyclic esters (lactones) is 1. The molecule has 0 saturated carbocycles. The SMILES string of the molecule is CCOC(=O)N1CCC2(CC1)C[C@H](CCN1CCN(c3ccc(F)cc3)[C@@H](C)C1)OC2=O. The number of rotatable bonds is 5. The van der Waals surface area contributed by atoms with Gasteiger partial charge in [-0.1, -0.05) is 0 Å². The van der Waals surface area contributed by atoms with Crippen LogP contribution in [0.4, 0.5) is 14.9 Å². The summed E-state index contributed by atoms with van der Waals surface area (Å²) < 4.78 is 24.1. The molecule has 3 saturated heterocycles. The molecule has 1 aromatic rings. The lowest BCUT2D eigenvalue weighted by molar-refractivity contribution is -0.150. The normalized spacial score (nSPS) is 25.8. The van der Waals surface area contributed by atoms with Crippen molar-refractivity contribution in [2.45, 2.75) is 51.7 Å². The maximum atomic E-state index is 13.2. The average Bonchev–Trinajstić information content (AvgIpc) is 3.08. The summed E-state index contributed by atoms with van der Waals surface area (Å²) in [6.07, 6.45) is 2.52. The first-order valence-electron chi connectivity index (χ1n) is 11.8. The van der Waals surface area contributed by atoms with Crippen LogP contribution in [0, 0.1) is 11.2 Å². The van der Waals surface area contributed by atoms with Crippen LogP contribution in [0.15, 0.2) is 24.3 Å². The van der Waals surface area contributed by atoms with Crippen LogP contribution < -0.4 is 4.90 Å². The molecule has 7 nitrogen and oxygen atoms in total. The zero-order valence-corrected chi connectivity index (χ0v) is 19.1. The number of carbonyl (C=O) groups is 2. The molecule has 2 atom stereocenters. The number of ether oxygens (including phenoxy) is 2. The van der Waals surface area contributed by atoms with Gasteiger partial charge in [-0.05, 0) is 57.4 Å². The van der Waals surface area contributed by atoms with Crippen LogP contribution in [0.3, 0.4) is 0 Å². The van der Waals surface area contributed by atoms with Gasteiger partial charge in [0.15, 0.2) is 0 Å². The first kappa shape index (κ1) is 22.8. The number of carbonyl (C=O) groups excluding carboxylic acids is 2. The van der Waals surface area contributed by atoms with E-state index in [9.17, 15) is 14.0 Å². The van der Waals surface area contributed by atoms with E-state index < -0.39 is 5.41 Å². The molecule has 32 heavy (non-hydrogen) atoms. The third-order valence-electron chi connectivity index (χ3n) is 7.21. The molecule has 1 amide bonds. The molecule has 1 spiro atoms. The summed E-state index contributed by atoms with van der Waals surface area (Å²) in [7, 11) is 0. The molecule has 1 aromatic carbocycles. The summed E-state index contributed by atoms with van der Waals surface area (Å²) in [6, 6.07) is 7.03. The Bertz CT molecular complexity index is 810. The third-order valence-corrected chi connectivity index (χ3v) is 7.21. The summed E-state index contributed by atoms with van der Waals surface area (Å²) in [5.74, 6) is -0.309. The van der Waals surface area contributed by atoms with Gasteiger partial charge >= 0.3 is 12.1 Å². The topological polar surface area (TPSA) is 62.3 Å². The van der Waals surface area contributed by atoms with Crippen molar-refractivity contribution < 1.29 is 23.5 Å². The predicted molar refractivity (Wildman–Crippen MR) is 119 cm³/mol. The van der Waals surface area contributed by atoms with E-state index in [0.29, 0.717) is 38.6 Å². The Morgan fingerprint density at radius 2 is 1.91 bits per heavy atom. The lowest BCUT2D eigenvalue weighted by atomic mass is 9.76. The second kappa shape index (κ2) is 9.65. The zero-order valence-electron chi connectivity index (χ0n) is 19.1. The van der Waals surface area contributed by atoms with Gasteiger partial charge in [0.25, 0.3) is 0 Å². The number of hydrogen-bond donors (Lipinski definition) is 0. The molecule has 0 aliphatic carbocycles. The molecular weight excluding hydrogens is 413 g/mol. The number of piperidine rings is 1. The number of piperazine rings is 1. The monoisotopic (exact) mass is 447 g/mol. The summed E-state index contributed by atoms with van der Waals surface area (Å²) in [4.78, 5) is 31.1. The van der Waals surface area contributed by atoms with E-state index in [4.69, 9.17) is 9.47 Å². The van der Waals surface area contributed by atoms with Crippen molar-refractivity contribution in [1.82, 2.24) is 9.80 Å². The average molecular weight is 448 g/mol. The molecule has 0 aromatic heterocycles. The van der Waals surface area contributed by atoms with Gasteiger partial charge in [0.2, 0.25) is 0 Å². The minimum atomic E-state index is -0.442.